The van der Waals surface area contributed by atoms with E-state index in [0.29, 0.717) is 0 Å². The SMILES string of the molecule is COc1ccc(C2(O)CC3COCC(C2)N3C(=O)OC(C)(C)C)c(F)c1F. The fraction of sp³-hybridized carbons (Fsp3) is 0.632. The van der Waals surface area contributed by atoms with Crippen molar-refractivity contribution in [3.05, 3.63) is 29.3 Å². The molecule has 2 saturated heterocycles. The number of nitrogens with zero attached hydrogens (tertiary/aromatic N) is 1. The number of morpholine rings is 1. The van der Waals surface area contributed by atoms with E-state index in [4.69, 9.17) is 14.2 Å². The average molecular weight is 385 g/mol. The summed E-state index contributed by atoms with van der Waals surface area (Å²) in [6, 6.07) is 1.62. The van der Waals surface area contributed by atoms with Gasteiger partial charge in [-0.05, 0) is 32.9 Å². The molecule has 0 aromatic heterocycles. The van der Waals surface area contributed by atoms with E-state index in [2.05, 4.69) is 0 Å². The maximum Gasteiger partial charge on any atom is 0.410 e. The van der Waals surface area contributed by atoms with Crippen molar-refractivity contribution >= 4 is 6.09 Å². The van der Waals surface area contributed by atoms with E-state index < -0.39 is 41.0 Å². The van der Waals surface area contributed by atoms with Crippen molar-refractivity contribution in [3.8, 4) is 5.75 Å². The first-order valence-electron chi connectivity index (χ1n) is 8.89. The molecule has 27 heavy (non-hydrogen) atoms. The first kappa shape index (κ1) is 19.8. The molecule has 2 unspecified atom stereocenters. The van der Waals surface area contributed by atoms with Crippen LogP contribution in [0.2, 0.25) is 0 Å². The third kappa shape index (κ3) is 3.73. The molecular weight excluding hydrogens is 360 g/mol. The fourth-order valence-electron chi connectivity index (χ4n) is 3.86. The summed E-state index contributed by atoms with van der Waals surface area (Å²) in [5.41, 5.74) is -2.42. The molecule has 150 valence electrons. The summed E-state index contributed by atoms with van der Waals surface area (Å²) < 4.78 is 44.5. The van der Waals surface area contributed by atoms with Crippen LogP contribution in [0.5, 0.6) is 5.75 Å². The van der Waals surface area contributed by atoms with Gasteiger partial charge in [-0.2, -0.15) is 4.39 Å². The first-order valence-corrected chi connectivity index (χ1v) is 8.89. The van der Waals surface area contributed by atoms with Crippen molar-refractivity contribution in [1.82, 2.24) is 4.90 Å². The number of carbonyl (C=O) groups is 1. The number of hydrogen-bond donors (Lipinski definition) is 1. The van der Waals surface area contributed by atoms with Crippen molar-refractivity contribution in [3.63, 3.8) is 0 Å². The zero-order valence-electron chi connectivity index (χ0n) is 15.9. The molecule has 0 spiro atoms. The van der Waals surface area contributed by atoms with E-state index in [1.807, 2.05) is 0 Å². The van der Waals surface area contributed by atoms with Crippen molar-refractivity contribution in [2.24, 2.45) is 0 Å². The maximum atomic E-state index is 14.6. The number of carbonyl (C=O) groups excluding carboxylic acids is 1. The number of rotatable bonds is 2. The third-order valence-corrected chi connectivity index (χ3v) is 4.93. The Morgan fingerprint density at radius 3 is 2.33 bits per heavy atom. The Labute approximate surface area is 157 Å². The molecule has 1 N–H and O–H groups in total. The Hall–Kier alpha value is -1.93. The molecule has 0 saturated carbocycles. The van der Waals surface area contributed by atoms with Crippen LogP contribution in [0.1, 0.15) is 39.2 Å². The van der Waals surface area contributed by atoms with Gasteiger partial charge >= 0.3 is 6.09 Å². The van der Waals surface area contributed by atoms with E-state index in [1.54, 1.807) is 25.7 Å². The molecule has 1 aromatic carbocycles. The maximum absolute atomic E-state index is 14.6. The van der Waals surface area contributed by atoms with Gasteiger partial charge in [0.2, 0.25) is 5.82 Å². The number of benzene rings is 1. The summed E-state index contributed by atoms with van der Waals surface area (Å²) in [4.78, 5) is 14.2. The van der Waals surface area contributed by atoms with Crippen LogP contribution < -0.4 is 4.74 Å². The fourth-order valence-corrected chi connectivity index (χ4v) is 3.86. The van der Waals surface area contributed by atoms with Gasteiger partial charge in [-0.1, -0.05) is 0 Å². The molecule has 8 heteroatoms. The lowest BCUT2D eigenvalue weighted by Crippen LogP contribution is -2.63. The van der Waals surface area contributed by atoms with Gasteiger partial charge in [0, 0.05) is 18.4 Å². The summed E-state index contributed by atoms with van der Waals surface area (Å²) in [6.45, 7) is 5.70. The number of halogens is 2. The van der Waals surface area contributed by atoms with Gasteiger partial charge in [-0.25, -0.2) is 9.18 Å². The number of fused-ring (bicyclic) bond motifs is 2. The van der Waals surface area contributed by atoms with Crippen molar-refractivity contribution in [2.75, 3.05) is 20.3 Å². The van der Waals surface area contributed by atoms with Crippen molar-refractivity contribution in [1.29, 1.82) is 0 Å². The van der Waals surface area contributed by atoms with Crippen LogP contribution >= 0.6 is 0 Å². The molecular formula is C19H25F2NO5. The highest BCUT2D eigenvalue weighted by Crippen LogP contribution is 2.43. The molecule has 2 bridgehead atoms. The van der Waals surface area contributed by atoms with E-state index in [0.717, 1.165) is 0 Å². The monoisotopic (exact) mass is 385 g/mol. The Balaban J connectivity index is 1.90. The summed E-state index contributed by atoms with van der Waals surface area (Å²) in [6.07, 6.45) is -0.458. The van der Waals surface area contributed by atoms with Crippen molar-refractivity contribution < 1.29 is 32.9 Å². The first-order chi connectivity index (χ1) is 12.6. The van der Waals surface area contributed by atoms with Gasteiger partial charge in [-0.3, -0.25) is 4.90 Å². The van der Waals surface area contributed by atoms with Gasteiger partial charge in [0.25, 0.3) is 0 Å². The van der Waals surface area contributed by atoms with Gasteiger partial charge < -0.3 is 19.3 Å². The number of piperidine rings is 1. The molecule has 2 aliphatic heterocycles. The molecule has 2 fully saturated rings. The number of aliphatic hydroxyl groups is 1. The normalized spacial score (nSPS) is 28.0. The Bertz CT molecular complexity index is 720. The lowest BCUT2D eigenvalue weighted by atomic mass is 9.76. The molecule has 6 nitrogen and oxygen atoms in total. The van der Waals surface area contributed by atoms with Crippen LogP contribution in [-0.2, 0) is 15.1 Å². The van der Waals surface area contributed by atoms with Gasteiger partial charge in [0.15, 0.2) is 11.6 Å². The summed E-state index contributed by atoms with van der Waals surface area (Å²) >= 11 is 0. The van der Waals surface area contributed by atoms with E-state index in [9.17, 15) is 18.7 Å². The smallest absolute Gasteiger partial charge is 0.410 e. The minimum atomic E-state index is -1.62. The summed E-state index contributed by atoms with van der Waals surface area (Å²) in [7, 11) is 1.24. The molecule has 2 heterocycles. The quantitative estimate of drug-likeness (QED) is 0.848. The Morgan fingerprint density at radius 2 is 1.81 bits per heavy atom. The molecule has 0 aliphatic carbocycles. The molecule has 1 aromatic rings. The van der Waals surface area contributed by atoms with Crippen LogP contribution in [0.3, 0.4) is 0 Å². The average Bonchev–Trinajstić information content (AvgIpc) is 2.54. The zero-order valence-corrected chi connectivity index (χ0v) is 15.9. The van der Waals surface area contributed by atoms with Gasteiger partial charge in [-0.15, -0.1) is 0 Å². The number of methoxy groups -OCH3 is 1. The van der Waals surface area contributed by atoms with E-state index in [-0.39, 0.29) is 37.4 Å². The van der Waals surface area contributed by atoms with Gasteiger partial charge in [0.05, 0.1) is 38.0 Å². The highest BCUT2D eigenvalue weighted by molar-refractivity contribution is 5.69. The Morgan fingerprint density at radius 1 is 1.22 bits per heavy atom. The van der Waals surface area contributed by atoms with Crippen LogP contribution in [0.15, 0.2) is 12.1 Å². The summed E-state index contributed by atoms with van der Waals surface area (Å²) in [5.74, 6) is -2.50. The lowest BCUT2D eigenvalue weighted by Gasteiger charge is -2.51. The highest BCUT2D eigenvalue weighted by Gasteiger charge is 2.51. The highest BCUT2D eigenvalue weighted by atomic mass is 19.2. The number of hydrogen-bond acceptors (Lipinski definition) is 5. The molecule has 1 amide bonds. The minimum Gasteiger partial charge on any atom is -0.494 e. The summed E-state index contributed by atoms with van der Waals surface area (Å²) in [5, 5.41) is 11.2. The Kier molecular flexibility index (Phi) is 5.07. The largest absolute Gasteiger partial charge is 0.494 e. The number of ether oxygens (including phenoxy) is 3. The van der Waals surface area contributed by atoms with Crippen LogP contribution in [0, 0.1) is 11.6 Å². The minimum absolute atomic E-state index is 0.0193. The lowest BCUT2D eigenvalue weighted by molar-refractivity contribution is -0.142. The van der Waals surface area contributed by atoms with Crippen LogP contribution in [-0.4, -0.2) is 54.1 Å². The topological polar surface area (TPSA) is 68.2 Å². The van der Waals surface area contributed by atoms with E-state index in [1.165, 1.54) is 19.2 Å². The standard InChI is InChI=1S/C19H25F2NO5/c1-18(2,3)27-17(23)22-11-7-19(24,8-12(22)10-26-9-11)13-5-6-14(25-4)16(21)15(13)20/h5-6,11-12,24H,7-10H2,1-4H3. The predicted molar refractivity (Wildman–Crippen MR) is 92.5 cm³/mol. The second-order valence-electron chi connectivity index (χ2n) is 8.12. The molecule has 3 rings (SSSR count). The molecule has 2 aliphatic rings. The van der Waals surface area contributed by atoms with E-state index >= 15 is 0 Å². The third-order valence-electron chi connectivity index (χ3n) is 4.93. The molecule has 2 atom stereocenters. The van der Waals surface area contributed by atoms with Crippen molar-refractivity contribution in [2.45, 2.75) is 56.9 Å². The number of amides is 1. The molecule has 0 radical (unpaired) electrons. The second-order valence-corrected chi connectivity index (χ2v) is 8.12. The zero-order chi connectivity index (χ0) is 20.0. The van der Waals surface area contributed by atoms with Crippen LogP contribution in [0.4, 0.5) is 13.6 Å². The van der Waals surface area contributed by atoms with Crippen LogP contribution in [0.25, 0.3) is 0 Å². The van der Waals surface area contributed by atoms with Gasteiger partial charge in [0.1, 0.15) is 5.60 Å². The predicted octanol–water partition coefficient (Wildman–Crippen LogP) is 2.96. The second kappa shape index (κ2) is 6.91.